The van der Waals surface area contributed by atoms with Crippen LogP contribution in [0.4, 0.5) is 0 Å². The first kappa shape index (κ1) is 14.3. The second-order valence-electron chi connectivity index (χ2n) is 6.18. The van der Waals surface area contributed by atoms with Crippen molar-refractivity contribution >= 4 is 0 Å². The lowest BCUT2D eigenvalue weighted by molar-refractivity contribution is 0.319. The number of benzene rings is 2. The number of hydrogen-bond donors (Lipinski definition) is 1. The van der Waals surface area contributed by atoms with Gasteiger partial charge >= 0.3 is 0 Å². The van der Waals surface area contributed by atoms with E-state index >= 15 is 0 Å². The minimum Gasteiger partial charge on any atom is -0.308 e. The molecule has 1 N–H and O–H groups in total. The Morgan fingerprint density at radius 2 is 1.76 bits per heavy atom. The third-order valence-electron chi connectivity index (χ3n) is 4.28. The first-order valence-electron chi connectivity index (χ1n) is 7.77. The van der Waals surface area contributed by atoms with Crippen molar-refractivity contribution in [3.05, 3.63) is 71.3 Å². The van der Waals surface area contributed by atoms with E-state index in [0.29, 0.717) is 12.1 Å². The molecule has 0 aliphatic heterocycles. The smallest absolute Gasteiger partial charge is 0.0453 e. The summed E-state index contributed by atoms with van der Waals surface area (Å²) in [7, 11) is 4.28. The second kappa shape index (κ2) is 6.42. The van der Waals surface area contributed by atoms with Gasteiger partial charge in [-0.3, -0.25) is 0 Å². The summed E-state index contributed by atoms with van der Waals surface area (Å²) in [5.74, 6) is 0. The minimum atomic E-state index is 0.373. The Balaban J connectivity index is 1.80. The average Bonchev–Trinajstić information content (AvgIpc) is 2.90. The predicted molar refractivity (Wildman–Crippen MR) is 88.4 cm³/mol. The zero-order valence-corrected chi connectivity index (χ0v) is 12.9. The normalized spacial score (nSPS) is 18.7. The number of likely N-dealkylation sites (N-methyl/N-ethyl adjacent to an activating group) is 1. The zero-order chi connectivity index (χ0) is 14.7. The fraction of sp³-hybridized carbons (Fsp3) is 0.368. The van der Waals surface area contributed by atoms with E-state index in [9.17, 15) is 0 Å². The van der Waals surface area contributed by atoms with Crippen LogP contribution >= 0.6 is 0 Å². The number of nitrogens with one attached hydrogen (secondary N) is 1. The largest absolute Gasteiger partial charge is 0.308 e. The van der Waals surface area contributed by atoms with Crippen LogP contribution in [0.25, 0.3) is 0 Å². The summed E-state index contributed by atoms with van der Waals surface area (Å²) in [6.45, 7) is 1.02. The van der Waals surface area contributed by atoms with Crippen LogP contribution in [0.2, 0.25) is 0 Å². The molecule has 0 amide bonds. The van der Waals surface area contributed by atoms with Gasteiger partial charge in [-0.2, -0.15) is 0 Å². The number of fused-ring (bicyclic) bond motifs is 1. The molecule has 110 valence electrons. The van der Waals surface area contributed by atoms with E-state index in [4.69, 9.17) is 0 Å². The van der Waals surface area contributed by atoms with E-state index in [-0.39, 0.29) is 0 Å². The molecule has 0 fully saturated rings. The number of hydrogen-bond acceptors (Lipinski definition) is 2. The first-order valence-corrected chi connectivity index (χ1v) is 7.77. The summed E-state index contributed by atoms with van der Waals surface area (Å²) in [6, 6.07) is 20.5. The van der Waals surface area contributed by atoms with E-state index in [2.05, 4.69) is 78.9 Å². The molecule has 0 radical (unpaired) electrons. The van der Waals surface area contributed by atoms with Crippen LogP contribution < -0.4 is 5.32 Å². The van der Waals surface area contributed by atoms with Gasteiger partial charge in [-0.1, -0.05) is 54.6 Å². The van der Waals surface area contributed by atoms with E-state index in [1.54, 1.807) is 0 Å². The van der Waals surface area contributed by atoms with E-state index in [1.165, 1.54) is 29.5 Å². The Morgan fingerprint density at radius 1 is 1.05 bits per heavy atom. The van der Waals surface area contributed by atoms with Gasteiger partial charge < -0.3 is 10.2 Å². The quantitative estimate of drug-likeness (QED) is 0.901. The molecule has 2 aromatic rings. The van der Waals surface area contributed by atoms with Crippen molar-refractivity contribution < 1.29 is 0 Å². The molecular weight excluding hydrogens is 256 g/mol. The van der Waals surface area contributed by atoms with Crippen molar-refractivity contribution in [1.82, 2.24) is 10.2 Å². The highest BCUT2D eigenvalue weighted by molar-refractivity contribution is 5.34. The molecule has 2 aromatic carbocycles. The van der Waals surface area contributed by atoms with Crippen molar-refractivity contribution in [3.63, 3.8) is 0 Å². The van der Waals surface area contributed by atoms with Crippen LogP contribution in [0.3, 0.4) is 0 Å². The fourth-order valence-corrected chi connectivity index (χ4v) is 3.28. The van der Waals surface area contributed by atoms with Crippen molar-refractivity contribution in [3.8, 4) is 0 Å². The highest BCUT2D eigenvalue weighted by Crippen LogP contribution is 2.32. The highest BCUT2D eigenvalue weighted by atomic mass is 15.1. The Morgan fingerprint density at radius 3 is 2.52 bits per heavy atom. The van der Waals surface area contributed by atoms with Crippen LogP contribution in [0.5, 0.6) is 0 Å². The van der Waals surface area contributed by atoms with Crippen molar-refractivity contribution in [2.45, 2.75) is 24.9 Å². The summed E-state index contributed by atoms with van der Waals surface area (Å²) >= 11 is 0. The predicted octanol–water partition coefficient (Wildman–Crippen LogP) is 3.57. The standard InChI is InChI=1S/C19H24N2/c1-21(2)14-19(16-9-4-3-5-10-16)20-18-13-12-15-8-6-7-11-17(15)18/h3-11,18-20H,12-14H2,1-2H3. The summed E-state index contributed by atoms with van der Waals surface area (Å²) in [5.41, 5.74) is 4.36. The molecule has 0 aromatic heterocycles. The third-order valence-corrected chi connectivity index (χ3v) is 4.28. The lowest BCUT2D eigenvalue weighted by atomic mass is 10.0. The second-order valence-corrected chi connectivity index (χ2v) is 6.18. The van der Waals surface area contributed by atoms with Crippen molar-refractivity contribution in [2.75, 3.05) is 20.6 Å². The van der Waals surface area contributed by atoms with Gasteiger partial charge in [-0.25, -0.2) is 0 Å². The molecule has 21 heavy (non-hydrogen) atoms. The number of nitrogens with zero attached hydrogens (tertiary/aromatic N) is 1. The van der Waals surface area contributed by atoms with Crippen molar-refractivity contribution in [1.29, 1.82) is 0 Å². The lowest BCUT2D eigenvalue weighted by Crippen LogP contribution is -2.33. The maximum atomic E-state index is 3.88. The van der Waals surface area contributed by atoms with Crippen molar-refractivity contribution in [2.24, 2.45) is 0 Å². The molecule has 2 nitrogen and oxygen atoms in total. The Bertz CT molecular complexity index is 577. The molecule has 2 heteroatoms. The molecule has 0 saturated heterocycles. The maximum absolute atomic E-state index is 3.88. The van der Waals surface area contributed by atoms with Gasteiger partial charge in [0.1, 0.15) is 0 Å². The topological polar surface area (TPSA) is 15.3 Å². The zero-order valence-electron chi connectivity index (χ0n) is 12.9. The Labute approximate surface area is 127 Å². The molecule has 2 atom stereocenters. The fourth-order valence-electron chi connectivity index (χ4n) is 3.28. The highest BCUT2D eigenvalue weighted by Gasteiger charge is 2.25. The van der Waals surface area contributed by atoms with Gasteiger partial charge in [0.15, 0.2) is 0 Å². The number of rotatable bonds is 5. The van der Waals surface area contributed by atoms with Gasteiger partial charge in [-0.05, 0) is 43.6 Å². The van der Waals surface area contributed by atoms with E-state index in [0.717, 1.165) is 6.54 Å². The SMILES string of the molecule is CN(C)CC(NC1CCc2ccccc21)c1ccccc1. The van der Waals surface area contributed by atoms with Crippen LogP contribution in [-0.4, -0.2) is 25.5 Å². The molecule has 2 unspecified atom stereocenters. The molecule has 0 saturated carbocycles. The third kappa shape index (κ3) is 3.34. The minimum absolute atomic E-state index is 0.373. The van der Waals surface area contributed by atoms with Gasteiger partial charge in [0.25, 0.3) is 0 Å². The van der Waals surface area contributed by atoms with Crippen LogP contribution in [0.15, 0.2) is 54.6 Å². The van der Waals surface area contributed by atoms with Gasteiger partial charge in [-0.15, -0.1) is 0 Å². The molecule has 0 bridgehead atoms. The molecule has 0 spiro atoms. The molecule has 1 aliphatic carbocycles. The summed E-state index contributed by atoms with van der Waals surface area (Å²) < 4.78 is 0. The lowest BCUT2D eigenvalue weighted by Gasteiger charge is -2.27. The van der Waals surface area contributed by atoms with Crippen LogP contribution in [0, 0.1) is 0 Å². The first-order chi connectivity index (χ1) is 10.2. The van der Waals surface area contributed by atoms with Gasteiger partial charge in [0, 0.05) is 18.6 Å². The van der Waals surface area contributed by atoms with Gasteiger partial charge in [0.05, 0.1) is 0 Å². The van der Waals surface area contributed by atoms with E-state index in [1.807, 2.05) is 0 Å². The summed E-state index contributed by atoms with van der Waals surface area (Å²) in [6.07, 6.45) is 2.40. The molecule has 1 aliphatic rings. The summed E-state index contributed by atoms with van der Waals surface area (Å²) in [5, 5.41) is 3.88. The van der Waals surface area contributed by atoms with Crippen LogP contribution in [0.1, 0.15) is 35.2 Å². The monoisotopic (exact) mass is 280 g/mol. The molecule has 3 rings (SSSR count). The Hall–Kier alpha value is -1.64. The molecular formula is C19H24N2. The van der Waals surface area contributed by atoms with Gasteiger partial charge in [0.2, 0.25) is 0 Å². The van der Waals surface area contributed by atoms with E-state index < -0.39 is 0 Å². The Kier molecular flexibility index (Phi) is 4.37. The average molecular weight is 280 g/mol. The maximum Gasteiger partial charge on any atom is 0.0453 e. The number of aryl methyl sites for hydroxylation is 1. The molecule has 0 heterocycles. The summed E-state index contributed by atoms with van der Waals surface area (Å²) in [4.78, 5) is 2.26. The van der Waals surface area contributed by atoms with Crippen LogP contribution in [-0.2, 0) is 6.42 Å².